The second kappa shape index (κ2) is 8.39. The van der Waals surface area contributed by atoms with Gasteiger partial charge in [0.1, 0.15) is 0 Å². The van der Waals surface area contributed by atoms with Gasteiger partial charge < -0.3 is 11.5 Å². The van der Waals surface area contributed by atoms with E-state index in [1.54, 1.807) is 0 Å². The van der Waals surface area contributed by atoms with Gasteiger partial charge in [0.2, 0.25) is 0 Å². The van der Waals surface area contributed by atoms with E-state index in [0.29, 0.717) is 28.0 Å². The van der Waals surface area contributed by atoms with E-state index in [1.165, 1.54) is 12.8 Å². The number of unbranched alkanes of at least 4 members (excludes halogenated alkanes) is 2. The van der Waals surface area contributed by atoms with Crippen molar-refractivity contribution in [3.63, 3.8) is 0 Å². The van der Waals surface area contributed by atoms with Crippen molar-refractivity contribution >= 4 is 0 Å². The third-order valence-electron chi connectivity index (χ3n) is 3.43. The lowest BCUT2D eigenvalue weighted by atomic mass is 9.87. The van der Waals surface area contributed by atoms with Crippen molar-refractivity contribution in [3.05, 3.63) is 73.0 Å². The van der Waals surface area contributed by atoms with Gasteiger partial charge in [-0.15, -0.1) is 0 Å². The number of hydrogen-bond donors (Lipinski definition) is 2. The summed E-state index contributed by atoms with van der Waals surface area (Å²) in [5.41, 5.74) is 15.5. The Hall–Kier alpha value is -1.80. The second-order valence-electron chi connectivity index (χ2n) is 5.07. The first-order chi connectivity index (χ1) is 9.23. The van der Waals surface area contributed by atoms with Crippen LogP contribution in [0.1, 0.15) is 32.6 Å². The van der Waals surface area contributed by atoms with E-state index >= 15 is 0 Å². The number of hydrogen-bond acceptors (Lipinski definition) is 2. The molecule has 0 aliphatic rings. The number of rotatable bonds is 10. The van der Waals surface area contributed by atoms with Gasteiger partial charge in [-0.2, -0.15) is 0 Å². The van der Waals surface area contributed by atoms with E-state index in [2.05, 4.69) is 46.4 Å². The normalized spacial score (nSPS) is 11.5. The Kier molecular flexibility index (Phi) is 7.63. The summed E-state index contributed by atoms with van der Waals surface area (Å²) < 4.78 is 0. The molecule has 0 aromatic heterocycles. The maximum atomic E-state index is 6.14. The lowest BCUT2D eigenvalue weighted by Gasteiger charge is -2.20. The van der Waals surface area contributed by atoms with Gasteiger partial charge in [0.15, 0.2) is 0 Å². The van der Waals surface area contributed by atoms with Crippen molar-refractivity contribution < 1.29 is 0 Å². The van der Waals surface area contributed by atoms with Gasteiger partial charge in [-0.05, 0) is 34.3 Å². The van der Waals surface area contributed by atoms with Gasteiger partial charge in [0.05, 0.1) is 0 Å². The molecular formula is C18H28N2. The van der Waals surface area contributed by atoms with E-state index < -0.39 is 0 Å². The minimum absolute atomic E-state index is 0.104. The van der Waals surface area contributed by atoms with Crippen LogP contribution in [-0.2, 0) is 0 Å². The molecular weight excluding hydrogens is 244 g/mol. The maximum Gasteiger partial charge on any atom is 0.0314 e. The summed E-state index contributed by atoms with van der Waals surface area (Å²) in [6, 6.07) is -0.104. The molecule has 110 valence electrons. The van der Waals surface area contributed by atoms with Gasteiger partial charge >= 0.3 is 0 Å². The molecule has 0 aromatic carbocycles. The summed E-state index contributed by atoms with van der Waals surface area (Å²) in [5.74, 6) is 0. The average Bonchev–Trinajstić information content (AvgIpc) is 2.43. The highest BCUT2D eigenvalue weighted by Crippen LogP contribution is 2.28. The molecule has 0 aromatic rings. The highest BCUT2D eigenvalue weighted by molar-refractivity contribution is 5.61. The molecule has 4 N–H and O–H groups in total. The molecule has 1 atom stereocenters. The molecule has 0 bridgehead atoms. The number of nitrogens with two attached hydrogens (primary N) is 2. The van der Waals surface area contributed by atoms with Gasteiger partial charge in [-0.25, -0.2) is 0 Å². The molecule has 0 saturated heterocycles. The van der Waals surface area contributed by atoms with Crippen LogP contribution in [0.4, 0.5) is 0 Å². The summed E-state index contributed by atoms with van der Waals surface area (Å²) in [4.78, 5) is 0. The molecule has 0 spiro atoms. The van der Waals surface area contributed by atoms with E-state index in [4.69, 9.17) is 11.5 Å². The third-order valence-corrected chi connectivity index (χ3v) is 3.43. The number of allylic oxidation sites excluding steroid dienone is 2. The fraction of sp³-hybridized carbons (Fsp3) is 0.333. The molecule has 0 saturated carbocycles. The molecule has 0 aliphatic heterocycles. The van der Waals surface area contributed by atoms with E-state index in [0.717, 1.165) is 18.4 Å². The molecule has 2 nitrogen and oxygen atoms in total. The quantitative estimate of drug-likeness (QED) is 0.464. The summed E-state index contributed by atoms with van der Waals surface area (Å²) in [5, 5.41) is 0. The van der Waals surface area contributed by atoms with Crippen LogP contribution in [0.5, 0.6) is 0 Å². The fourth-order valence-electron chi connectivity index (χ4n) is 1.76. The minimum atomic E-state index is -0.104. The molecule has 0 fully saturated rings. The summed E-state index contributed by atoms with van der Waals surface area (Å²) in [6.45, 7) is 25.6. The van der Waals surface area contributed by atoms with Gasteiger partial charge in [-0.3, -0.25) is 0 Å². The molecule has 20 heavy (non-hydrogen) atoms. The Morgan fingerprint density at radius 1 is 0.850 bits per heavy atom. The van der Waals surface area contributed by atoms with Gasteiger partial charge in [0.25, 0.3) is 0 Å². The van der Waals surface area contributed by atoms with Crippen LogP contribution in [0.2, 0.25) is 0 Å². The van der Waals surface area contributed by atoms with Crippen molar-refractivity contribution in [2.45, 2.75) is 38.6 Å². The zero-order valence-corrected chi connectivity index (χ0v) is 12.8. The van der Waals surface area contributed by atoms with Crippen molar-refractivity contribution in [2.75, 3.05) is 0 Å². The van der Waals surface area contributed by atoms with Crippen LogP contribution >= 0.6 is 0 Å². The molecule has 0 rings (SSSR count). The average molecular weight is 272 g/mol. The zero-order valence-electron chi connectivity index (χ0n) is 12.8. The predicted molar refractivity (Wildman–Crippen MR) is 91.1 cm³/mol. The first-order valence-electron chi connectivity index (χ1n) is 6.90. The Bertz CT molecular complexity index is 452. The van der Waals surface area contributed by atoms with Gasteiger partial charge in [0, 0.05) is 11.7 Å². The summed E-state index contributed by atoms with van der Waals surface area (Å²) >= 11 is 0. The first-order valence-corrected chi connectivity index (χ1v) is 6.90. The summed E-state index contributed by atoms with van der Waals surface area (Å²) in [7, 11) is 0. The minimum Gasteiger partial charge on any atom is -0.399 e. The third kappa shape index (κ3) is 5.06. The van der Waals surface area contributed by atoms with E-state index in [1.807, 2.05) is 0 Å². The molecule has 0 aliphatic carbocycles. The van der Waals surface area contributed by atoms with E-state index in [9.17, 15) is 0 Å². The lowest BCUT2D eigenvalue weighted by molar-refractivity contribution is 0.610. The van der Waals surface area contributed by atoms with Crippen molar-refractivity contribution in [2.24, 2.45) is 11.5 Å². The Labute approximate surface area is 123 Å². The molecule has 0 heterocycles. The topological polar surface area (TPSA) is 52.0 Å². The predicted octanol–water partition coefficient (Wildman–Crippen LogP) is 4.15. The van der Waals surface area contributed by atoms with Crippen molar-refractivity contribution in [1.82, 2.24) is 0 Å². The van der Waals surface area contributed by atoms with Crippen LogP contribution in [0.3, 0.4) is 0 Å². The molecule has 2 heteroatoms. The van der Waals surface area contributed by atoms with Crippen LogP contribution in [0, 0.1) is 0 Å². The zero-order chi connectivity index (χ0) is 15.9. The SMILES string of the molecule is C=C(N)C(=C)C(=C)C(=C)C(=C)C(=C)C(N)CCCCC. The van der Waals surface area contributed by atoms with Crippen molar-refractivity contribution in [1.29, 1.82) is 0 Å². The lowest BCUT2D eigenvalue weighted by Crippen LogP contribution is -2.23. The Morgan fingerprint density at radius 2 is 1.35 bits per heavy atom. The monoisotopic (exact) mass is 272 g/mol. The molecule has 1 unspecified atom stereocenters. The molecule has 0 radical (unpaired) electrons. The maximum absolute atomic E-state index is 6.14. The Balaban J connectivity index is 4.69. The smallest absolute Gasteiger partial charge is 0.0314 e. The highest BCUT2D eigenvalue weighted by atomic mass is 14.6. The first kappa shape index (κ1) is 18.2. The van der Waals surface area contributed by atoms with Crippen LogP contribution in [-0.4, -0.2) is 6.04 Å². The standard InChI is InChI=1S/C18H28N2/c1-8-9-10-11-18(20)16(6)14(4)12(2)13(3)15(5)17(7)19/h18H,2-11,19-20H2,1H3. The van der Waals surface area contributed by atoms with Crippen LogP contribution < -0.4 is 11.5 Å². The van der Waals surface area contributed by atoms with E-state index in [-0.39, 0.29) is 6.04 Å². The van der Waals surface area contributed by atoms with Crippen LogP contribution in [0.15, 0.2) is 73.0 Å². The van der Waals surface area contributed by atoms with Crippen molar-refractivity contribution in [3.8, 4) is 0 Å². The summed E-state index contributed by atoms with van der Waals surface area (Å²) in [6.07, 6.45) is 4.33. The van der Waals surface area contributed by atoms with Gasteiger partial charge in [-0.1, -0.05) is 65.7 Å². The van der Waals surface area contributed by atoms with Crippen LogP contribution in [0.25, 0.3) is 0 Å². The molecule has 0 amide bonds. The largest absolute Gasteiger partial charge is 0.399 e. The fourth-order valence-corrected chi connectivity index (χ4v) is 1.76. The highest BCUT2D eigenvalue weighted by Gasteiger charge is 2.15. The second-order valence-corrected chi connectivity index (χ2v) is 5.07. The Morgan fingerprint density at radius 3 is 1.80 bits per heavy atom.